The molecule has 6 heteroatoms. The predicted octanol–water partition coefficient (Wildman–Crippen LogP) is 1.72. The minimum Gasteiger partial charge on any atom is -0.352 e. The van der Waals surface area contributed by atoms with Gasteiger partial charge in [0.15, 0.2) is 0 Å². The molecular weight excluding hydrogens is 288 g/mol. The molecule has 1 aromatic rings. The Bertz CT molecular complexity index is 575. The maximum atomic E-state index is 12.0. The van der Waals surface area contributed by atoms with Crippen LogP contribution < -0.4 is 10.0 Å². The van der Waals surface area contributed by atoms with Crippen LogP contribution in [0.25, 0.3) is 0 Å². The molecule has 0 unspecified atom stereocenters. The summed E-state index contributed by atoms with van der Waals surface area (Å²) in [5.74, 6) is -0.266. The number of amides is 1. The molecule has 1 fully saturated rings. The van der Waals surface area contributed by atoms with Gasteiger partial charge in [-0.05, 0) is 31.9 Å². The zero-order chi connectivity index (χ0) is 15.3. The normalized spacial score (nSPS) is 16.6. The van der Waals surface area contributed by atoms with E-state index >= 15 is 0 Å². The average molecular weight is 310 g/mol. The molecule has 5 nitrogen and oxygen atoms in total. The van der Waals surface area contributed by atoms with E-state index in [1.165, 1.54) is 18.6 Å². The second-order valence-corrected chi connectivity index (χ2v) is 7.31. The maximum absolute atomic E-state index is 12.0. The Balaban J connectivity index is 1.86. The number of carbonyl (C=O) groups is 1. The third kappa shape index (κ3) is 4.82. The number of benzene rings is 1. The van der Waals surface area contributed by atoms with Crippen LogP contribution in [-0.2, 0) is 14.8 Å². The first kappa shape index (κ1) is 16.0. The second-order valence-electron chi connectivity index (χ2n) is 5.54. The molecular formula is C15H22N2O3S. The highest BCUT2D eigenvalue weighted by molar-refractivity contribution is 7.89. The van der Waals surface area contributed by atoms with Gasteiger partial charge in [-0.2, -0.15) is 0 Å². The van der Waals surface area contributed by atoms with Crippen LogP contribution in [0.3, 0.4) is 0 Å². The van der Waals surface area contributed by atoms with Crippen LogP contribution in [0, 0.1) is 6.92 Å². The summed E-state index contributed by atoms with van der Waals surface area (Å²) in [5, 5.41) is 2.89. The van der Waals surface area contributed by atoms with Crippen molar-refractivity contribution in [2.24, 2.45) is 0 Å². The van der Waals surface area contributed by atoms with E-state index in [1.807, 2.05) is 6.92 Å². The third-order valence-corrected chi connectivity index (χ3v) is 5.14. The number of nitrogens with one attached hydrogen (secondary N) is 2. The minimum atomic E-state index is -3.62. The van der Waals surface area contributed by atoms with Crippen LogP contribution in [0.1, 0.15) is 37.7 Å². The van der Waals surface area contributed by atoms with E-state index in [0.29, 0.717) is 0 Å². The fraction of sp³-hybridized carbons (Fsp3) is 0.533. The molecule has 1 aliphatic rings. The lowest BCUT2D eigenvalue weighted by molar-refractivity contribution is -0.120. The topological polar surface area (TPSA) is 75.3 Å². The van der Waals surface area contributed by atoms with Crippen molar-refractivity contribution in [1.29, 1.82) is 0 Å². The molecule has 0 atom stereocenters. The SMILES string of the molecule is Cc1ccc(S(=O)(=O)NCC(=O)NC2CCCCC2)cc1. The first-order chi connectivity index (χ1) is 9.97. The molecule has 2 N–H and O–H groups in total. The summed E-state index contributed by atoms with van der Waals surface area (Å²) in [7, 11) is -3.62. The van der Waals surface area contributed by atoms with Gasteiger partial charge >= 0.3 is 0 Å². The van der Waals surface area contributed by atoms with Crippen molar-refractivity contribution in [2.45, 2.75) is 50.0 Å². The van der Waals surface area contributed by atoms with Crippen molar-refractivity contribution < 1.29 is 13.2 Å². The highest BCUT2D eigenvalue weighted by Gasteiger charge is 2.18. The van der Waals surface area contributed by atoms with Crippen LogP contribution in [0.2, 0.25) is 0 Å². The van der Waals surface area contributed by atoms with E-state index in [9.17, 15) is 13.2 Å². The Morgan fingerprint density at radius 2 is 1.76 bits per heavy atom. The van der Waals surface area contributed by atoms with Crippen molar-refractivity contribution in [3.05, 3.63) is 29.8 Å². The van der Waals surface area contributed by atoms with Gasteiger partial charge in [-0.1, -0.05) is 37.0 Å². The number of rotatable bonds is 5. The van der Waals surface area contributed by atoms with Crippen LogP contribution in [0.4, 0.5) is 0 Å². The highest BCUT2D eigenvalue weighted by Crippen LogP contribution is 2.17. The standard InChI is InChI=1S/C15H22N2O3S/c1-12-7-9-14(10-8-12)21(19,20)16-11-15(18)17-13-5-3-2-4-6-13/h7-10,13,16H,2-6,11H2,1H3,(H,17,18). The van der Waals surface area contributed by atoms with Gasteiger partial charge in [0.1, 0.15) is 0 Å². The Hall–Kier alpha value is -1.40. The van der Waals surface area contributed by atoms with E-state index < -0.39 is 10.0 Å². The van der Waals surface area contributed by atoms with Crippen molar-refractivity contribution in [2.75, 3.05) is 6.54 Å². The first-order valence-corrected chi connectivity index (χ1v) is 8.81. The van der Waals surface area contributed by atoms with Crippen LogP contribution >= 0.6 is 0 Å². The van der Waals surface area contributed by atoms with Gasteiger partial charge in [0.2, 0.25) is 15.9 Å². The van der Waals surface area contributed by atoms with Crippen LogP contribution in [0.15, 0.2) is 29.2 Å². The lowest BCUT2D eigenvalue weighted by Crippen LogP contribution is -2.42. The molecule has 0 heterocycles. The van der Waals surface area contributed by atoms with E-state index in [1.54, 1.807) is 12.1 Å². The van der Waals surface area contributed by atoms with Gasteiger partial charge in [0.05, 0.1) is 11.4 Å². The second kappa shape index (κ2) is 7.04. The molecule has 0 radical (unpaired) electrons. The summed E-state index contributed by atoms with van der Waals surface area (Å²) in [4.78, 5) is 12.0. The van der Waals surface area contributed by atoms with E-state index in [0.717, 1.165) is 31.2 Å². The zero-order valence-electron chi connectivity index (χ0n) is 12.3. The van der Waals surface area contributed by atoms with Gasteiger partial charge in [-0.15, -0.1) is 0 Å². The van der Waals surface area contributed by atoms with E-state index in [4.69, 9.17) is 0 Å². The quantitative estimate of drug-likeness (QED) is 0.869. The molecule has 1 aliphatic carbocycles. The summed E-state index contributed by atoms with van der Waals surface area (Å²) in [5.41, 5.74) is 0.990. The monoisotopic (exact) mass is 310 g/mol. The molecule has 116 valence electrons. The maximum Gasteiger partial charge on any atom is 0.241 e. The molecule has 1 amide bonds. The zero-order valence-corrected chi connectivity index (χ0v) is 13.1. The highest BCUT2D eigenvalue weighted by atomic mass is 32.2. The number of sulfonamides is 1. The average Bonchev–Trinajstić information content (AvgIpc) is 2.47. The summed E-state index contributed by atoms with van der Waals surface area (Å²) >= 11 is 0. The molecule has 21 heavy (non-hydrogen) atoms. The molecule has 1 saturated carbocycles. The van der Waals surface area contributed by atoms with Crippen molar-refractivity contribution in [1.82, 2.24) is 10.0 Å². The lowest BCUT2D eigenvalue weighted by Gasteiger charge is -2.22. The van der Waals surface area contributed by atoms with Crippen molar-refractivity contribution in [3.63, 3.8) is 0 Å². The smallest absolute Gasteiger partial charge is 0.241 e. The van der Waals surface area contributed by atoms with Crippen LogP contribution in [0.5, 0.6) is 0 Å². The Labute approximate surface area is 126 Å². The summed E-state index contributed by atoms with van der Waals surface area (Å²) in [6.07, 6.45) is 5.43. The number of hydrogen-bond acceptors (Lipinski definition) is 3. The molecule has 0 aliphatic heterocycles. The third-order valence-electron chi connectivity index (χ3n) is 3.72. The molecule has 0 bridgehead atoms. The van der Waals surface area contributed by atoms with Gasteiger partial charge in [0.25, 0.3) is 0 Å². The largest absolute Gasteiger partial charge is 0.352 e. The fourth-order valence-corrected chi connectivity index (χ4v) is 3.47. The summed E-state index contributed by atoms with van der Waals surface area (Å²) < 4.78 is 26.4. The van der Waals surface area contributed by atoms with Gasteiger partial charge in [-0.25, -0.2) is 13.1 Å². The Kier molecular flexibility index (Phi) is 5.36. The minimum absolute atomic E-state index is 0.179. The number of carbonyl (C=O) groups excluding carboxylic acids is 1. The van der Waals surface area contributed by atoms with E-state index in [2.05, 4.69) is 10.0 Å². The summed E-state index contributed by atoms with van der Waals surface area (Å²) in [6.45, 7) is 1.67. The van der Waals surface area contributed by atoms with Crippen molar-refractivity contribution in [3.8, 4) is 0 Å². The fourth-order valence-electron chi connectivity index (χ4n) is 2.49. The molecule has 1 aromatic carbocycles. The number of aryl methyl sites for hydroxylation is 1. The molecule has 2 rings (SSSR count). The van der Waals surface area contributed by atoms with Gasteiger partial charge in [0, 0.05) is 6.04 Å². The van der Waals surface area contributed by atoms with Crippen LogP contribution in [-0.4, -0.2) is 26.9 Å². The Morgan fingerprint density at radius 1 is 1.14 bits per heavy atom. The van der Waals surface area contributed by atoms with E-state index in [-0.39, 0.29) is 23.4 Å². The molecule has 0 saturated heterocycles. The van der Waals surface area contributed by atoms with Gasteiger partial charge in [-0.3, -0.25) is 4.79 Å². The Morgan fingerprint density at radius 3 is 2.38 bits per heavy atom. The lowest BCUT2D eigenvalue weighted by atomic mass is 9.95. The molecule has 0 aromatic heterocycles. The van der Waals surface area contributed by atoms with Gasteiger partial charge < -0.3 is 5.32 Å². The first-order valence-electron chi connectivity index (χ1n) is 7.33. The predicted molar refractivity (Wildman–Crippen MR) is 81.4 cm³/mol. The summed E-state index contributed by atoms with van der Waals surface area (Å²) in [6, 6.07) is 6.73. The van der Waals surface area contributed by atoms with Crippen molar-refractivity contribution >= 4 is 15.9 Å². The number of hydrogen-bond donors (Lipinski definition) is 2. The molecule has 0 spiro atoms.